The van der Waals surface area contributed by atoms with Crippen molar-refractivity contribution < 1.29 is 14.3 Å². The fourth-order valence-electron chi connectivity index (χ4n) is 2.83. The number of hydrogen-bond acceptors (Lipinski definition) is 5. The molecule has 29 heavy (non-hydrogen) atoms. The molecule has 0 aliphatic carbocycles. The van der Waals surface area contributed by atoms with Crippen molar-refractivity contribution in [2.75, 3.05) is 11.6 Å². The summed E-state index contributed by atoms with van der Waals surface area (Å²) in [5.74, 6) is -1.02. The summed E-state index contributed by atoms with van der Waals surface area (Å²) >= 11 is 0. The van der Waals surface area contributed by atoms with Crippen molar-refractivity contribution in [3.63, 3.8) is 0 Å². The zero-order chi connectivity index (χ0) is 20.5. The molecule has 146 valence electrons. The Morgan fingerprint density at radius 1 is 0.897 bits per heavy atom. The highest BCUT2D eigenvalue weighted by Gasteiger charge is 2.35. The molecule has 3 aromatic carbocycles. The first kappa shape index (κ1) is 20.0. The average Bonchev–Trinajstić information content (AvgIpc) is 2.78. The van der Waals surface area contributed by atoms with Gasteiger partial charge in [0.1, 0.15) is 0 Å². The number of hydrazone groups is 1. The number of carbonyl (C=O) groups excluding carboxylic acids is 2. The monoisotopic (exact) mass is 386 g/mol. The number of ketones is 1. The van der Waals surface area contributed by atoms with Gasteiger partial charge in [-0.25, -0.2) is 9.80 Å². The van der Waals surface area contributed by atoms with E-state index in [-0.39, 0.29) is 12.4 Å². The van der Waals surface area contributed by atoms with Crippen LogP contribution in [-0.4, -0.2) is 30.6 Å². The molecule has 0 bridgehead atoms. The molecule has 0 radical (unpaired) electrons. The van der Waals surface area contributed by atoms with Crippen LogP contribution in [0, 0.1) is 0 Å². The minimum absolute atomic E-state index is 0.169. The normalized spacial score (nSPS) is 11.8. The highest BCUT2D eigenvalue weighted by atomic mass is 16.5. The quantitative estimate of drug-likeness (QED) is 0.190. The third-order valence-electron chi connectivity index (χ3n) is 4.21. The van der Waals surface area contributed by atoms with Gasteiger partial charge in [0, 0.05) is 5.56 Å². The van der Waals surface area contributed by atoms with Gasteiger partial charge in [-0.3, -0.25) is 4.79 Å². The molecule has 0 spiro atoms. The van der Waals surface area contributed by atoms with E-state index in [2.05, 4.69) is 5.10 Å². The van der Waals surface area contributed by atoms with Crippen molar-refractivity contribution in [2.45, 2.75) is 13.0 Å². The lowest BCUT2D eigenvalue weighted by molar-refractivity contribution is -0.143. The highest BCUT2D eigenvalue weighted by Crippen LogP contribution is 2.21. The standard InChI is InChI=1S/C24H22N2O3/c1-2-29-24(28)22(23(27)20-14-8-4-9-15-20)26(21-16-10-5-11-17-21)25-18-19-12-6-3-7-13-19/h3-18,22H,2H2,1H3. The molecule has 1 atom stereocenters. The first-order chi connectivity index (χ1) is 14.2. The number of Topliss-reactive ketones (excluding diaryl/α,β-unsaturated/α-hetero) is 1. The second kappa shape index (κ2) is 9.99. The first-order valence-corrected chi connectivity index (χ1v) is 9.40. The number of hydrogen-bond donors (Lipinski definition) is 0. The Bertz CT molecular complexity index is 957. The van der Waals surface area contributed by atoms with Crippen LogP contribution in [0.2, 0.25) is 0 Å². The maximum Gasteiger partial charge on any atom is 0.339 e. The molecule has 3 rings (SSSR count). The molecule has 5 heteroatoms. The van der Waals surface area contributed by atoms with Crippen LogP contribution in [0.25, 0.3) is 0 Å². The number of para-hydroxylation sites is 1. The van der Waals surface area contributed by atoms with Crippen LogP contribution in [0.1, 0.15) is 22.8 Å². The Balaban J connectivity index is 2.05. The highest BCUT2D eigenvalue weighted by molar-refractivity contribution is 6.14. The van der Waals surface area contributed by atoms with Gasteiger partial charge < -0.3 is 4.74 Å². The van der Waals surface area contributed by atoms with E-state index >= 15 is 0 Å². The van der Waals surface area contributed by atoms with Crippen LogP contribution in [0.15, 0.2) is 96.1 Å². The molecule has 0 fully saturated rings. The molecule has 0 saturated carbocycles. The topological polar surface area (TPSA) is 59.0 Å². The van der Waals surface area contributed by atoms with Crippen molar-refractivity contribution in [2.24, 2.45) is 5.10 Å². The largest absolute Gasteiger partial charge is 0.464 e. The van der Waals surface area contributed by atoms with Crippen LogP contribution in [-0.2, 0) is 9.53 Å². The van der Waals surface area contributed by atoms with E-state index in [4.69, 9.17) is 4.74 Å². The van der Waals surface area contributed by atoms with Crippen molar-refractivity contribution in [3.05, 3.63) is 102 Å². The van der Waals surface area contributed by atoms with E-state index in [1.165, 1.54) is 5.01 Å². The minimum Gasteiger partial charge on any atom is -0.464 e. The van der Waals surface area contributed by atoms with Gasteiger partial charge in [0.05, 0.1) is 18.5 Å². The van der Waals surface area contributed by atoms with Crippen LogP contribution >= 0.6 is 0 Å². The van der Waals surface area contributed by atoms with Gasteiger partial charge in [0.25, 0.3) is 0 Å². The van der Waals surface area contributed by atoms with Crippen LogP contribution < -0.4 is 5.01 Å². The summed E-state index contributed by atoms with van der Waals surface area (Å²) in [4.78, 5) is 26.1. The average molecular weight is 386 g/mol. The van der Waals surface area contributed by atoms with E-state index in [0.717, 1.165) is 5.56 Å². The predicted octanol–water partition coefficient (Wildman–Crippen LogP) is 4.34. The molecule has 0 aromatic heterocycles. The summed E-state index contributed by atoms with van der Waals surface area (Å²) in [6, 6.07) is 26.1. The molecule has 1 unspecified atom stereocenters. The molecule has 0 heterocycles. The number of nitrogens with zero attached hydrogens (tertiary/aromatic N) is 2. The van der Waals surface area contributed by atoms with E-state index < -0.39 is 12.0 Å². The SMILES string of the molecule is CCOC(=O)C(C(=O)c1ccccc1)N(N=Cc1ccccc1)c1ccccc1. The Hall–Kier alpha value is -3.73. The fraction of sp³-hybridized carbons (Fsp3) is 0.125. The third-order valence-corrected chi connectivity index (χ3v) is 4.21. The summed E-state index contributed by atoms with van der Waals surface area (Å²) in [5, 5.41) is 5.92. The maximum absolute atomic E-state index is 13.3. The lowest BCUT2D eigenvalue weighted by Crippen LogP contribution is -2.45. The molecule has 0 aliphatic rings. The van der Waals surface area contributed by atoms with Crippen LogP contribution in [0.5, 0.6) is 0 Å². The summed E-state index contributed by atoms with van der Waals surface area (Å²) in [6.07, 6.45) is 1.62. The van der Waals surface area contributed by atoms with Gasteiger partial charge >= 0.3 is 5.97 Å². The number of rotatable bonds is 8. The number of esters is 1. The smallest absolute Gasteiger partial charge is 0.339 e. The van der Waals surface area contributed by atoms with Crippen molar-refractivity contribution in [3.8, 4) is 0 Å². The molecule has 0 amide bonds. The zero-order valence-electron chi connectivity index (χ0n) is 16.1. The van der Waals surface area contributed by atoms with E-state index in [0.29, 0.717) is 11.3 Å². The molecule has 0 aliphatic heterocycles. The molecule has 0 N–H and O–H groups in total. The Kier molecular flexibility index (Phi) is 6.90. The minimum atomic E-state index is -1.24. The van der Waals surface area contributed by atoms with Gasteiger partial charge in [0.15, 0.2) is 5.78 Å². The summed E-state index contributed by atoms with van der Waals surface area (Å²) < 4.78 is 5.23. The van der Waals surface area contributed by atoms with E-state index in [9.17, 15) is 9.59 Å². The second-order valence-electron chi connectivity index (χ2n) is 6.22. The number of benzene rings is 3. The predicted molar refractivity (Wildman–Crippen MR) is 114 cm³/mol. The molecule has 3 aromatic rings. The van der Waals surface area contributed by atoms with Crippen molar-refractivity contribution >= 4 is 23.7 Å². The fourth-order valence-corrected chi connectivity index (χ4v) is 2.83. The molecular weight excluding hydrogens is 364 g/mol. The van der Waals surface area contributed by atoms with Gasteiger partial charge in [-0.1, -0.05) is 78.9 Å². The molecule has 0 saturated heterocycles. The van der Waals surface area contributed by atoms with Gasteiger partial charge in [-0.15, -0.1) is 0 Å². The lowest BCUT2D eigenvalue weighted by Gasteiger charge is -2.26. The van der Waals surface area contributed by atoms with Crippen LogP contribution in [0.3, 0.4) is 0 Å². The van der Waals surface area contributed by atoms with Crippen molar-refractivity contribution in [1.29, 1.82) is 0 Å². The van der Waals surface area contributed by atoms with Gasteiger partial charge in [-0.05, 0) is 24.6 Å². The third kappa shape index (κ3) is 5.17. The lowest BCUT2D eigenvalue weighted by atomic mass is 10.0. The Morgan fingerprint density at radius 3 is 2.03 bits per heavy atom. The van der Waals surface area contributed by atoms with Gasteiger partial charge in [0.2, 0.25) is 6.04 Å². The van der Waals surface area contributed by atoms with E-state index in [1.807, 2.05) is 54.6 Å². The Morgan fingerprint density at radius 2 is 1.45 bits per heavy atom. The number of anilines is 1. The van der Waals surface area contributed by atoms with E-state index in [1.54, 1.807) is 49.5 Å². The number of carbonyl (C=O) groups is 2. The molecule has 5 nitrogen and oxygen atoms in total. The molecular formula is C24H22N2O3. The zero-order valence-corrected chi connectivity index (χ0v) is 16.1. The van der Waals surface area contributed by atoms with Gasteiger partial charge in [-0.2, -0.15) is 5.10 Å². The van der Waals surface area contributed by atoms with Crippen LogP contribution in [0.4, 0.5) is 5.69 Å². The number of ether oxygens (including phenoxy) is 1. The maximum atomic E-state index is 13.3. The summed E-state index contributed by atoms with van der Waals surface area (Å²) in [5.41, 5.74) is 1.88. The Labute approximate surface area is 170 Å². The summed E-state index contributed by atoms with van der Waals surface area (Å²) in [6.45, 7) is 1.88. The summed E-state index contributed by atoms with van der Waals surface area (Å²) in [7, 11) is 0. The first-order valence-electron chi connectivity index (χ1n) is 9.40. The van der Waals surface area contributed by atoms with Crippen molar-refractivity contribution in [1.82, 2.24) is 0 Å². The second-order valence-corrected chi connectivity index (χ2v) is 6.22.